The van der Waals surface area contributed by atoms with Crippen LogP contribution >= 0.6 is 0 Å². The van der Waals surface area contributed by atoms with Gasteiger partial charge >= 0.3 is 0 Å². The summed E-state index contributed by atoms with van der Waals surface area (Å²) in [5.41, 5.74) is 0. The lowest BCUT2D eigenvalue weighted by molar-refractivity contribution is -0.121. The predicted octanol–water partition coefficient (Wildman–Crippen LogP) is 0.422. The Morgan fingerprint density at radius 1 is 1.40 bits per heavy atom. The first kappa shape index (κ1) is 10.9. The molecule has 15 heavy (non-hydrogen) atoms. The maximum absolute atomic E-state index is 11.4. The third-order valence-corrected chi connectivity index (χ3v) is 3.08. The van der Waals surface area contributed by atoms with Crippen LogP contribution in [0, 0.1) is 0 Å². The van der Waals surface area contributed by atoms with Crippen molar-refractivity contribution in [1.29, 1.82) is 0 Å². The van der Waals surface area contributed by atoms with Gasteiger partial charge < -0.3 is 15.4 Å². The molecule has 1 amide bonds. The monoisotopic (exact) mass is 212 g/mol. The Hall–Kier alpha value is -0.610. The molecule has 4 heteroatoms. The Kier molecular flexibility index (Phi) is 3.59. The molecule has 1 saturated heterocycles. The van der Waals surface area contributed by atoms with Crippen molar-refractivity contribution in [1.82, 2.24) is 10.6 Å². The normalized spacial score (nSPS) is 30.5. The summed E-state index contributed by atoms with van der Waals surface area (Å²) in [7, 11) is 0. The van der Waals surface area contributed by atoms with E-state index in [1.807, 2.05) is 0 Å². The van der Waals surface area contributed by atoms with E-state index < -0.39 is 0 Å². The fourth-order valence-electron chi connectivity index (χ4n) is 1.90. The maximum Gasteiger partial charge on any atom is 0.221 e. The summed E-state index contributed by atoms with van der Waals surface area (Å²) >= 11 is 0. The van der Waals surface area contributed by atoms with Crippen molar-refractivity contribution in [3.05, 3.63) is 0 Å². The van der Waals surface area contributed by atoms with Gasteiger partial charge in [-0.2, -0.15) is 0 Å². The summed E-state index contributed by atoms with van der Waals surface area (Å²) in [6.45, 7) is 3.68. The molecule has 0 spiro atoms. The lowest BCUT2D eigenvalue weighted by Crippen LogP contribution is -2.37. The Labute approximate surface area is 90.8 Å². The third kappa shape index (κ3) is 3.47. The molecule has 1 aliphatic carbocycles. The summed E-state index contributed by atoms with van der Waals surface area (Å²) in [4.78, 5) is 11.4. The van der Waals surface area contributed by atoms with Gasteiger partial charge in [-0.15, -0.1) is 0 Å². The topological polar surface area (TPSA) is 50.4 Å². The lowest BCUT2D eigenvalue weighted by Gasteiger charge is -2.15. The number of hydrogen-bond acceptors (Lipinski definition) is 3. The van der Waals surface area contributed by atoms with Crippen molar-refractivity contribution < 1.29 is 9.53 Å². The number of amides is 1. The molecular weight excluding hydrogens is 192 g/mol. The maximum atomic E-state index is 11.4. The van der Waals surface area contributed by atoms with Crippen LogP contribution in [0.1, 0.15) is 32.6 Å². The van der Waals surface area contributed by atoms with E-state index in [-0.39, 0.29) is 12.0 Å². The second-order valence-corrected chi connectivity index (χ2v) is 4.52. The molecule has 2 atom stereocenters. The number of ether oxygens (including phenoxy) is 1. The highest BCUT2D eigenvalue weighted by Gasteiger charge is 2.25. The zero-order valence-electron chi connectivity index (χ0n) is 9.29. The van der Waals surface area contributed by atoms with Crippen molar-refractivity contribution in [2.45, 2.75) is 50.8 Å². The molecule has 2 unspecified atom stereocenters. The van der Waals surface area contributed by atoms with Gasteiger partial charge in [0.25, 0.3) is 0 Å². The van der Waals surface area contributed by atoms with Crippen molar-refractivity contribution >= 4 is 5.91 Å². The van der Waals surface area contributed by atoms with Gasteiger partial charge in [0.15, 0.2) is 0 Å². The molecule has 2 aliphatic rings. The summed E-state index contributed by atoms with van der Waals surface area (Å²) in [6, 6.07) is 0.907. The Balaban J connectivity index is 1.55. The third-order valence-electron chi connectivity index (χ3n) is 3.08. The van der Waals surface area contributed by atoms with Crippen LogP contribution < -0.4 is 10.6 Å². The summed E-state index contributed by atoms with van der Waals surface area (Å²) in [6.07, 6.45) is 4.25. The Morgan fingerprint density at radius 2 is 2.20 bits per heavy atom. The van der Waals surface area contributed by atoms with Crippen LogP contribution in [-0.2, 0) is 9.53 Å². The second-order valence-electron chi connectivity index (χ2n) is 4.52. The van der Waals surface area contributed by atoms with E-state index in [4.69, 9.17) is 4.74 Å². The Bertz CT molecular complexity index is 229. The largest absolute Gasteiger partial charge is 0.377 e. The average Bonchev–Trinajstić information content (AvgIpc) is 2.91. The van der Waals surface area contributed by atoms with E-state index >= 15 is 0 Å². The molecule has 0 aromatic rings. The van der Waals surface area contributed by atoms with Crippen molar-refractivity contribution in [3.8, 4) is 0 Å². The van der Waals surface area contributed by atoms with Crippen LogP contribution in [0.3, 0.4) is 0 Å². The number of carbonyl (C=O) groups is 1. The number of rotatable bonds is 5. The molecule has 2 N–H and O–H groups in total. The molecular formula is C11H20N2O2. The molecule has 0 bridgehead atoms. The first-order valence-corrected chi connectivity index (χ1v) is 5.90. The van der Waals surface area contributed by atoms with E-state index in [0.717, 1.165) is 32.4 Å². The van der Waals surface area contributed by atoms with Gasteiger partial charge in [0.05, 0.1) is 6.10 Å². The highest BCUT2D eigenvalue weighted by Crippen LogP contribution is 2.18. The van der Waals surface area contributed by atoms with E-state index in [0.29, 0.717) is 18.5 Å². The molecule has 86 valence electrons. The van der Waals surface area contributed by atoms with E-state index in [2.05, 4.69) is 17.6 Å². The van der Waals surface area contributed by atoms with Crippen molar-refractivity contribution in [2.24, 2.45) is 0 Å². The highest BCUT2D eigenvalue weighted by atomic mass is 16.5. The van der Waals surface area contributed by atoms with Crippen LogP contribution in [0.4, 0.5) is 0 Å². The minimum atomic E-state index is 0.177. The average molecular weight is 212 g/mol. The van der Waals surface area contributed by atoms with Crippen LogP contribution in [0.25, 0.3) is 0 Å². The number of hydrogen-bond donors (Lipinski definition) is 2. The van der Waals surface area contributed by atoms with Gasteiger partial charge in [0.1, 0.15) is 0 Å². The fraction of sp³-hybridized carbons (Fsp3) is 0.909. The molecule has 2 rings (SSSR count). The zero-order chi connectivity index (χ0) is 10.7. The fourth-order valence-corrected chi connectivity index (χ4v) is 1.90. The predicted molar refractivity (Wildman–Crippen MR) is 57.6 cm³/mol. The summed E-state index contributed by atoms with van der Waals surface area (Å²) in [5, 5.41) is 6.35. The first-order chi connectivity index (χ1) is 7.25. The van der Waals surface area contributed by atoms with Gasteiger partial charge in [-0.3, -0.25) is 4.79 Å². The molecule has 0 aromatic carbocycles. The SMILES string of the molecule is CC1OCCC1NCCC(=O)NC1CC1. The zero-order valence-corrected chi connectivity index (χ0v) is 9.29. The molecule has 2 fully saturated rings. The highest BCUT2D eigenvalue weighted by molar-refractivity contribution is 5.76. The van der Waals surface area contributed by atoms with Crippen molar-refractivity contribution in [2.75, 3.05) is 13.2 Å². The summed E-state index contributed by atoms with van der Waals surface area (Å²) < 4.78 is 5.43. The molecule has 0 radical (unpaired) electrons. The molecule has 1 heterocycles. The molecule has 4 nitrogen and oxygen atoms in total. The Morgan fingerprint density at radius 3 is 2.80 bits per heavy atom. The minimum absolute atomic E-state index is 0.177. The van der Waals surface area contributed by atoms with Gasteiger partial charge in [0.2, 0.25) is 5.91 Å². The van der Waals surface area contributed by atoms with E-state index in [1.54, 1.807) is 0 Å². The van der Waals surface area contributed by atoms with Crippen LogP contribution in [0.5, 0.6) is 0 Å². The van der Waals surface area contributed by atoms with Gasteiger partial charge in [-0.1, -0.05) is 0 Å². The van der Waals surface area contributed by atoms with Crippen molar-refractivity contribution in [3.63, 3.8) is 0 Å². The smallest absolute Gasteiger partial charge is 0.221 e. The van der Waals surface area contributed by atoms with E-state index in [9.17, 15) is 4.79 Å². The van der Waals surface area contributed by atoms with E-state index in [1.165, 1.54) is 0 Å². The molecule has 0 aromatic heterocycles. The van der Waals surface area contributed by atoms with Crippen LogP contribution in [-0.4, -0.2) is 37.2 Å². The number of nitrogens with one attached hydrogen (secondary N) is 2. The van der Waals surface area contributed by atoms with Gasteiger partial charge in [-0.05, 0) is 26.2 Å². The molecule has 1 aliphatic heterocycles. The molecule has 1 saturated carbocycles. The first-order valence-electron chi connectivity index (χ1n) is 5.90. The second kappa shape index (κ2) is 4.94. The summed E-state index contributed by atoms with van der Waals surface area (Å²) in [5.74, 6) is 0.177. The lowest BCUT2D eigenvalue weighted by atomic mass is 10.1. The van der Waals surface area contributed by atoms with Crippen LogP contribution in [0.2, 0.25) is 0 Å². The number of carbonyl (C=O) groups excluding carboxylic acids is 1. The van der Waals surface area contributed by atoms with Gasteiger partial charge in [-0.25, -0.2) is 0 Å². The van der Waals surface area contributed by atoms with Gasteiger partial charge in [0, 0.05) is 31.7 Å². The standard InChI is InChI=1S/C11H20N2O2/c1-8-10(5-7-15-8)12-6-4-11(14)13-9-2-3-9/h8-10,12H,2-7H2,1H3,(H,13,14). The quantitative estimate of drug-likeness (QED) is 0.694. The van der Waals surface area contributed by atoms with Crippen LogP contribution in [0.15, 0.2) is 0 Å². The minimum Gasteiger partial charge on any atom is -0.377 e.